The molecule has 1 aliphatic rings. The van der Waals surface area contributed by atoms with E-state index in [9.17, 15) is 4.39 Å². The molecule has 1 aromatic heterocycles. The van der Waals surface area contributed by atoms with Crippen molar-refractivity contribution in [3.8, 4) is 0 Å². The number of aryl methyl sites for hydroxylation is 1. The van der Waals surface area contributed by atoms with E-state index >= 15 is 0 Å². The van der Waals surface area contributed by atoms with Crippen LogP contribution in [-0.2, 0) is 11.2 Å². The maximum atomic E-state index is 12.7. The second kappa shape index (κ2) is 2.62. The number of aromatic amines is 1. The van der Waals surface area contributed by atoms with Gasteiger partial charge in [-0.1, -0.05) is 0 Å². The smallest absolute Gasteiger partial charge is 0.213 e. The Labute approximate surface area is 63.6 Å². The van der Waals surface area contributed by atoms with Gasteiger partial charge in [-0.05, 0) is 12.8 Å². The van der Waals surface area contributed by atoms with Crippen molar-refractivity contribution in [2.24, 2.45) is 0 Å². The summed E-state index contributed by atoms with van der Waals surface area (Å²) in [5, 5.41) is 0. The van der Waals surface area contributed by atoms with Crippen molar-refractivity contribution >= 4 is 0 Å². The molecule has 0 aromatic carbocycles. The minimum atomic E-state index is -0.314. The molecule has 2 heterocycles. The zero-order chi connectivity index (χ0) is 7.68. The molecule has 0 bridgehead atoms. The summed E-state index contributed by atoms with van der Waals surface area (Å²) in [4.78, 5) is 6.22. The molecule has 1 N–H and O–H groups in total. The second-order valence-electron chi connectivity index (χ2n) is 2.66. The van der Waals surface area contributed by atoms with Crippen molar-refractivity contribution in [1.82, 2.24) is 9.97 Å². The number of hydrogen-bond donors (Lipinski definition) is 1. The van der Waals surface area contributed by atoms with Crippen LogP contribution in [0, 0.1) is 5.95 Å². The van der Waals surface area contributed by atoms with Crippen LogP contribution >= 0.6 is 0 Å². The molecule has 0 saturated carbocycles. The van der Waals surface area contributed by atoms with E-state index in [0.29, 0.717) is 18.2 Å². The Morgan fingerprint density at radius 1 is 1.82 bits per heavy atom. The highest BCUT2D eigenvalue weighted by Gasteiger charge is 2.22. The predicted molar refractivity (Wildman–Crippen MR) is 36.6 cm³/mol. The number of hydrogen-bond acceptors (Lipinski definition) is 2. The molecule has 0 amide bonds. The number of nitrogens with one attached hydrogen (secondary N) is 1. The van der Waals surface area contributed by atoms with Gasteiger partial charge in [0.25, 0.3) is 0 Å². The molecular weight excluding hydrogens is 147 g/mol. The molecule has 0 spiro atoms. The Balaban J connectivity index is 1.89. The lowest BCUT2D eigenvalue weighted by Crippen LogP contribution is -1.93. The predicted octanol–water partition coefficient (Wildman–Crippen LogP) is 0.880. The molecule has 11 heavy (non-hydrogen) atoms. The average Bonchev–Trinajstić information content (AvgIpc) is 2.73. The molecule has 1 unspecified atom stereocenters. The summed E-state index contributed by atoms with van der Waals surface area (Å²) >= 11 is 0. The zero-order valence-electron chi connectivity index (χ0n) is 6.01. The Kier molecular flexibility index (Phi) is 1.62. The third-order valence-electron chi connectivity index (χ3n) is 1.77. The molecule has 0 radical (unpaired) electrons. The molecule has 60 valence electrons. The summed E-state index contributed by atoms with van der Waals surface area (Å²) in [5.74, 6) is -0.314. The molecule has 4 heteroatoms. The first-order chi connectivity index (χ1) is 5.36. The molecule has 1 aliphatic heterocycles. The van der Waals surface area contributed by atoms with Crippen LogP contribution in [-0.4, -0.2) is 22.7 Å². The van der Waals surface area contributed by atoms with Crippen LogP contribution in [0.15, 0.2) is 6.33 Å². The summed E-state index contributed by atoms with van der Waals surface area (Å²) in [7, 11) is 0. The van der Waals surface area contributed by atoms with Gasteiger partial charge in [-0.2, -0.15) is 4.39 Å². The van der Waals surface area contributed by atoms with Gasteiger partial charge in [-0.25, -0.2) is 4.98 Å². The van der Waals surface area contributed by atoms with Crippen LogP contribution in [0.4, 0.5) is 4.39 Å². The van der Waals surface area contributed by atoms with E-state index in [4.69, 9.17) is 4.74 Å². The van der Waals surface area contributed by atoms with Gasteiger partial charge in [0.05, 0.1) is 24.7 Å². The lowest BCUT2D eigenvalue weighted by molar-refractivity contribution is 0.395. The highest BCUT2D eigenvalue weighted by Crippen LogP contribution is 2.16. The van der Waals surface area contributed by atoms with E-state index in [0.717, 1.165) is 13.0 Å². The van der Waals surface area contributed by atoms with Gasteiger partial charge in [0.15, 0.2) is 0 Å². The van der Waals surface area contributed by atoms with Gasteiger partial charge in [0, 0.05) is 0 Å². The van der Waals surface area contributed by atoms with Gasteiger partial charge >= 0.3 is 0 Å². The van der Waals surface area contributed by atoms with Crippen LogP contribution in [0.1, 0.15) is 12.1 Å². The van der Waals surface area contributed by atoms with E-state index in [1.54, 1.807) is 0 Å². The maximum absolute atomic E-state index is 12.7. The van der Waals surface area contributed by atoms with E-state index in [-0.39, 0.29) is 5.95 Å². The largest absolute Gasteiger partial charge is 0.373 e. The van der Waals surface area contributed by atoms with Crippen molar-refractivity contribution in [2.45, 2.75) is 18.9 Å². The molecule has 3 nitrogen and oxygen atoms in total. The maximum Gasteiger partial charge on any atom is 0.213 e. The van der Waals surface area contributed by atoms with Crippen LogP contribution < -0.4 is 0 Å². The second-order valence-corrected chi connectivity index (χ2v) is 2.66. The van der Waals surface area contributed by atoms with Crippen molar-refractivity contribution < 1.29 is 9.13 Å². The summed E-state index contributed by atoms with van der Waals surface area (Å²) in [5.41, 5.74) is 0.514. The van der Waals surface area contributed by atoms with Crippen molar-refractivity contribution in [1.29, 1.82) is 0 Å². The van der Waals surface area contributed by atoms with E-state index in [1.165, 1.54) is 6.33 Å². The van der Waals surface area contributed by atoms with Crippen LogP contribution in [0.3, 0.4) is 0 Å². The van der Waals surface area contributed by atoms with Gasteiger partial charge in [-0.15, -0.1) is 0 Å². The summed E-state index contributed by atoms with van der Waals surface area (Å²) in [6.07, 6.45) is 3.27. The highest BCUT2D eigenvalue weighted by molar-refractivity contribution is 4.98. The van der Waals surface area contributed by atoms with Gasteiger partial charge in [0.2, 0.25) is 5.95 Å². The van der Waals surface area contributed by atoms with Crippen LogP contribution in [0.25, 0.3) is 0 Å². The monoisotopic (exact) mass is 156 g/mol. The standard InChI is InChI=1S/C7H9FN2O/c8-7-6(9-4-10-7)2-1-5-3-11-5/h4-5H,1-3H2,(H,9,10). The van der Waals surface area contributed by atoms with E-state index < -0.39 is 0 Å². The fraction of sp³-hybridized carbons (Fsp3) is 0.571. The lowest BCUT2D eigenvalue weighted by Gasteiger charge is -1.91. The summed E-state index contributed by atoms with van der Waals surface area (Å²) in [6, 6.07) is 0. The first-order valence-electron chi connectivity index (χ1n) is 3.65. The third kappa shape index (κ3) is 1.57. The van der Waals surface area contributed by atoms with Gasteiger partial charge in [-0.3, -0.25) is 0 Å². The highest BCUT2D eigenvalue weighted by atomic mass is 19.1. The SMILES string of the molecule is Fc1[nH]cnc1CCC1CO1. The molecule has 2 rings (SSSR count). The number of nitrogens with zero attached hydrogens (tertiary/aromatic N) is 1. The minimum absolute atomic E-state index is 0.314. The molecule has 1 atom stereocenters. The fourth-order valence-electron chi connectivity index (χ4n) is 1.01. The van der Waals surface area contributed by atoms with E-state index in [1.807, 2.05) is 0 Å². The van der Waals surface area contributed by atoms with Crippen molar-refractivity contribution in [3.05, 3.63) is 18.0 Å². The molecule has 0 aliphatic carbocycles. The van der Waals surface area contributed by atoms with E-state index in [2.05, 4.69) is 9.97 Å². The molecule has 1 aromatic rings. The Morgan fingerprint density at radius 3 is 3.18 bits per heavy atom. The quantitative estimate of drug-likeness (QED) is 0.660. The molecule has 1 fully saturated rings. The number of imidazole rings is 1. The summed E-state index contributed by atoms with van der Waals surface area (Å²) < 4.78 is 17.6. The number of halogens is 1. The summed E-state index contributed by atoms with van der Waals surface area (Å²) in [6.45, 7) is 0.825. The lowest BCUT2D eigenvalue weighted by atomic mass is 10.2. The van der Waals surface area contributed by atoms with Crippen LogP contribution in [0.2, 0.25) is 0 Å². The molecular formula is C7H9FN2O. The fourth-order valence-corrected chi connectivity index (χ4v) is 1.01. The topological polar surface area (TPSA) is 41.2 Å². The Bertz CT molecular complexity index is 244. The Morgan fingerprint density at radius 2 is 2.64 bits per heavy atom. The number of epoxide rings is 1. The Hall–Kier alpha value is -0.900. The normalized spacial score (nSPS) is 22.1. The average molecular weight is 156 g/mol. The van der Waals surface area contributed by atoms with Gasteiger partial charge < -0.3 is 9.72 Å². The number of rotatable bonds is 3. The van der Waals surface area contributed by atoms with Crippen LogP contribution in [0.5, 0.6) is 0 Å². The third-order valence-corrected chi connectivity index (χ3v) is 1.77. The zero-order valence-corrected chi connectivity index (χ0v) is 6.01. The van der Waals surface area contributed by atoms with Crippen molar-refractivity contribution in [2.75, 3.05) is 6.61 Å². The van der Waals surface area contributed by atoms with Crippen molar-refractivity contribution in [3.63, 3.8) is 0 Å². The number of ether oxygens (including phenoxy) is 1. The molecule has 1 saturated heterocycles. The van der Waals surface area contributed by atoms with Gasteiger partial charge in [0.1, 0.15) is 0 Å². The number of H-pyrrole nitrogens is 1. The number of aromatic nitrogens is 2. The first-order valence-corrected chi connectivity index (χ1v) is 3.65. The minimum Gasteiger partial charge on any atom is -0.373 e. The first kappa shape index (κ1) is 6.79.